The number of H-pyrrole nitrogens is 1. The molecule has 42 heavy (non-hydrogen) atoms. The molecular weight excluding hydrogens is 534 g/mol. The fraction of sp³-hybridized carbons (Fsp3) is 0.438. The molecule has 0 aliphatic carbocycles. The molecule has 1 saturated heterocycles. The number of fused-ring (bicyclic) bond motifs is 1. The van der Waals surface area contributed by atoms with Crippen LogP contribution in [0.1, 0.15) is 57.7 Å². The minimum Gasteiger partial charge on any atom is -0.444 e. The maximum atomic E-state index is 13.5. The highest BCUT2D eigenvalue weighted by molar-refractivity contribution is 5.90. The normalized spacial score (nSPS) is 15.5. The van der Waals surface area contributed by atoms with Gasteiger partial charge in [-0.05, 0) is 57.7 Å². The van der Waals surface area contributed by atoms with Gasteiger partial charge < -0.3 is 30.6 Å². The number of aromatic nitrogens is 1. The maximum Gasteiger partial charge on any atom is 0.408 e. The van der Waals surface area contributed by atoms with Crippen molar-refractivity contribution in [1.82, 2.24) is 25.8 Å². The number of rotatable bonds is 9. The third-order valence-corrected chi connectivity index (χ3v) is 7.39. The van der Waals surface area contributed by atoms with E-state index in [0.717, 1.165) is 22.0 Å². The van der Waals surface area contributed by atoms with Crippen molar-refractivity contribution in [1.29, 1.82) is 0 Å². The van der Waals surface area contributed by atoms with Crippen LogP contribution >= 0.6 is 0 Å². The number of para-hydroxylation sites is 1. The Morgan fingerprint density at radius 2 is 1.64 bits per heavy atom. The van der Waals surface area contributed by atoms with Gasteiger partial charge in [-0.15, -0.1) is 0 Å². The first-order valence-corrected chi connectivity index (χ1v) is 14.5. The van der Waals surface area contributed by atoms with Crippen LogP contribution in [0.3, 0.4) is 0 Å². The van der Waals surface area contributed by atoms with Crippen molar-refractivity contribution in [2.75, 3.05) is 19.6 Å². The van der Waals surface area contributed by atoms with Gasteiger partial charge in [0.25, 0.3) is 0 Å². The largest absolute Gasteiger partial charge is 0.444 e. The van der Waals surface area contributed by atoms with Crippen LogP contribution in [0.2, 0.25) is 0 Å². The molecule has 1 aromatic heterocycles. The molecule has 0 bridgehead atoms. The summed E-state index contributed by atoms with van der Waals surface area (Å²) in [6.45, 7) is 7.78. The van der Waals surface area contributed by atoms with E-state index in [9.17, 15) is 19.2 Å². The molecule has 224 valence electrons. The second kappa shape index (κ2) is 13.5. The highest BCUT2D eigenvalue weighted by atomic mass is 16.6. The van der Waals surface area contributed by atoms with Crippen LogP contribution in [-0.2, 0) is 25.5 Å². The standard InChI is InChI=1S/C32H41N5O5/c1-21(22-10-6-5-7-11-22)35-30(40)27(18-24-19-33-26-13-9-8-12-25(24)26)36-29(39)23-14-16-37(17-15-23)28(38)20-34-31(41)42-32(2,3)4/h5-13,19,21,23,27,33H,14-18,20H2,1-4H3,(H,34,41)(H,35,40)(H,36,39)/t21?,27-/m0/s1. The Hall–Kier alpha value is -4.34. The average Bonchev–Trinajstić information content (AvgIpc) is 3.37. The predicted molar refractivity (Wildman–Crippen MR) is 160 cm³/mol. The third-order valence-electron chi connectivity index (χ3n) is 7.39. The number of aromatic amines is 1. The Labute approximate surface area is 246 Å². The molecule has 2 atom stereocenters. The molecule has 0 radical (unpaired) electrons. The second-order valence-corrected chi connectivity index (χ2v) is 11.8. The lowest BCUT2D eigenvalue weighted by Gasteiger charge is -2.32. The van der Waals surface area contributed by atoms with Crippen molar-refractivity contribution in [2.45, 2.75) is 64.6 Å². The zero-order valence-corrected chi connectivity index (χ0v) is 24.7. The van der Waals surface area contributed by atoms with E-state index < -0.39 is 17.7 Å². The van der Waals surface area contributed by atoms with Gasteiger partial charge >= 0.3 is 6.09 Å². The van der Waals surface area contributed by atoms with Crippen molar-refractivity contribution in [3.05, 3.63) is 71.9 Å². The first-order valence-electron chi connectivity index (χ1n) is 14.5. The molecule has 2 heterocycles. The molecule has 0 spiro atoms. The molecule has 4 rings (SSSR count). The Balaban J connectivity index is 1.37. The third kappa shape index (κ3) is 8.34. The lowest BCUT2D eigenvalue weighted by molar-refractivity contribution is -0.136. The fourth-order valence-corrected chi connectivity index (χ4v) is 5.12. The Morgan fingerprint density at radius 3 is 2.33 bits per heavy atom. The molecule has 1 unspecified atom stereocenters. The number of nitrogens with one attached hydrogen (secondary N) is 4. The van der Waals surface area contributed by atoms with Crippen molar-refractivity contribution >= 4 is 34.7 Å². The van der Waals surface area contributed by atoms with E-state index in [1.54, 1.807) is 25.7 Å². The quantitative estimate of drug-likeness (QED) is 0.308. The molecule has 1 fully saturated rings. The summed E-state index contributed by atoms with van der Waals surface area (Å²) in [5.74, 6) is -1.03. The van der Waals surface area contributed by atoms with Gasteiger partial charge in [0.2, 0.25) is 17.7 Å². The molecule has 10 nitrogen and oxygen atoms in total. The molecule has 10 heteroatoms. The minimum atomic E-state index is -0.777. The average molecular weight is 576 g/mol. The van der Waals surface area contributed by atoms with Gasteiger partial charge in [-0.25, -0.2) is 4.79 Å². The first-order chi connectivity index (χ1) is 20.0. The number of likely N-dealkylation sites (tertiary alicyclic amines) is 1. The molecule has 0 saturated carbocycles. The molecule has 3 aromatic rings. The van der Waals surface area contributed by atoms with Crippen LogP contribution in [0.4, 0.5) is 4.79 Å². The molecule has 2 aromatic carbocycles. The number of piperidine rings is 1. The number of hydrogen-bond acceptors (Lipinski definition) is 5. The van der Waals surface area contributed by atoms with Crippen molar-refractivity contribution < 1.29 is 23.9 Å². The van der Waals surface area contributed by atoms with E-state index in [1.165, 1.54) is 0 Å². The van der Waals surface area contributed by atoms with Crippen LogP contribution in [-0.4, -0.2) is 65.0 Å². The first kappa shape index (κ1) is 30.6. The number of carbonyl (C=O) groups excluding carboxylic acids is 4. The van der Waals surface area contributed by atoms with Crippen molar-refractivity contribution in [3.8, 4) is 0 Å². The highest BCUT2D eigenvalue weighted by Gasteiger charge is 2.31. The van der Waals surface area contributed by atoms with Gasteiger partial charge in [-0.1, -0.05) is 48.5 Å². The molecule has 1 aliphatic heterocycles. The van der Waals surface area contributed by atoms with E-state index in [0.29, 0.717) is 32.4 Å². The number of alkyl carbamates (subject to hydrolysis) is 1. The van der Waals surface area contributed by atoms with Gasteiger partial charge in [0.1, 0.15) is 18.2 Å². The summed E-state index contributed by atoms with van der Waals surface area (Å²) in [5.41, 5.74) is 2.23. The summed E-state index contributed by atoms with van der Waals surface area (Å²) in [5, 5.41) is 9.57. The molecular formula is C32H41N5O5. The highest BCUT2D eigenvalue weighted by Crippen LogP contribution is 2.22. The summed E-state index contributed by atoms with van der Waals surface area (Å²) < 4.78 is 5.18. The predicted octanol–water partition coefficient (Wildman–Crippen LogP) is 3.84. The number of ether oxygens (including phenoxy) is 1. The monoisotopic (exact) mass is 575 g/mol. The number of nitrogens with zero attached hydrogens (tertiary/aromatic N) is 1. The van der Waals surface area contributed by atoms with Crippen LogP contribution in [0.15, 0.2) is 60.8 Å². The maximum absolute atomic E-state index is 13.5. The summed E-state index contributed by atoms with van der Waals surface area (Å²) in [7, 11) is 0. The van der Waals surface area contributed by atoms with Gasteiger partial charge in [0.15, 0.2) is 0 Å². The van der Waals surface area contributed by atoms with Crippen molar-refractivity contribution in [3.63, 3.8) is 0 Å². The Kier molecular flexibility index (Phi) is 9.88. The number of benzene rings is 2. The summed E-state index contributed by atoms with van der Waals surface area (Å²) in [6, 6.07) is 16.5. The Morgan fingerprint density at radius 1 is 0.976 bits per heavy atom. The van der Waals surface area contributed by atoms with E-state index in [4.69, 9.17) is 4.74 Å². The topological polar surface area (TPSA) is 133 Å². The van der Waals surface area contributed by atoms with Crippen molar-refractivity contribution in [2.24, 2.45) is 5.92 Å². The minimum absolute atomic E-state index is 0.168. The lowest BCUT2D eigenvalue weighted by Crippen LogP contribution is -2.52. The lowest BCUT2D eigenvalue weighted by atomic mass is 9.94. The zero-order chi connectivity index (χ0) is 30.3. The molecule has 4 N–H and O–H groups in total. The van der Waals surface area contributed by atoms with E-state index in [-0.39, 0.29) is 36.2 Å². The van der Waals surface area contributed by atoms with Crippen LogP contribution in [0.5, 0.6) is 0 Å². The number of hydrogen-bond donors (Lipinski definition) is 4. The van der Waals surface area contributed by atoms with Crippen LogP contribution in [0.25, 0.3) is 10.9 Å². The smallest absolute Gasteiger partial charge is 0.408 e. The van der Waals surface area contributed by atoms with Gasteiger partial charge in [0.05, 0.1) is 6.04 Å². The molecule has 4 amide bonds. The van der Waals surface area contributed by atoms with Crippen LogP contribution < -0.4 is 16.0 Å². The fourth-order valence-electron chi connectivity index (χ4n) is 5.12. The van der Waals surface area contributed by atoms with Gasteiger partial charge in [-0.3, -0.25) is 14.4 Å². The van der Waals surface area contributed by atoms with Gasteiger partial charge in [-0.2, -0.15) is 0 Å². The summed E-state index contributed by atoms with van der Waals surface area (Å²) >= 11 is 0. The van der Waals surface area contributed by atoms with Crippen LogP contribution in [0, 0.1) is 5.92 Å². The van der Waals surface area contributed by atoms with E-state index in [2.05, 4.69) is 20.9 Å². The summed E-state index contributed by atoms with van der Waals surface area (Å²) in [4.78, 5) is 56.3. The zero-order valence-electron chi connectivity index (χ0n) is 24.7. The SMILES string of the molecule is CC(NC(=O)[C@H](Cc1c[nH]c2ccccc12)NC(=O)C1CCN(C(=O)CNC(=O)OC(C)(C)C)CC1)c1ccccc1. The second-order valence-electron chi connectivity index (χ2n) is 11.8. The summed E-state index contributed by atoms with van der Waals surface area (Å²) in [6.07, 6.45) is 2.49. The molecule has 1 aliphatic rings. The van der Waals surface area contributed by atoms with E-state index in [1.807, 2.05) is 67.7 Å². The Bertz CT molecular complexity index is 1390. The van der Waals surface area contributed by atoms with E-state index >= 15 is 0 Å². The number of carbonyl (C=O) groups is 4. The van der Waals surface area contributed by atoms with Gasteiger partial charge in [0, 0.05) is 42.5 Å². The number of amides is 4.